The van der Waals surface area contributed by atoms with E-state index in [-0.39, 0.29) is 25.6 Å². The molecule has 1 fully saturated rings. The fourth-order valence-corrected chi connectivity index (χ4v) is 5.50. The molecule has 1 aliphatic heterocycles. The minimum atomic E-state index is -3.40. The monoisotopic (exact) mass is 543 g/mol. The van der Waals surface area contributed by atoms with E-state index in [4.69, 9.17) is 18.5 Å². The summed E-state index contributed by atoms with van der Waals surface area (Å²) in [4.78, 5) is 25.6. The molecule has 0 aliphatic carbocycles. The number of piperazine rings is 1. The van der Waals surface area contributed by atoms with Crippen LogP contribution in [-0.2, 0) is 13.6 Å². The van der Waals surface area contributed by atoms with Gasteiger partial charge in [-0.15, -0.1) is 0 Å². The predicted molar refractivity (Wildman–Crippen MR) is 146 cm³/mol. The highest BCUT2D eigenvalue weighted by Gasteiger charge is 2.27. The number of fused-ring (bicyclic) bond motifs is 1. The first-order valence-electron chi connectivity index (χ1n) is 12.6. The number of carbonyl (C=O) groups is 1. The average molecular weight is 544 g/mol. The molecule has 12 heteroatoms. The maximum Gasteiger partial charge on any atom is 0.367 e. The van der Waals surface area contributed by atoms with Crippen molar-refractivity contribution in [2.24, 2.45) is 0 Å². The Morgan fingerprint density at radius 3 is 2.32 bits per heavy atom. The van der Waals surface area contributed by atoms with Crippen LogP contribution < -0.4 is 19.7 Å². The molecular weight excluding hydrogens is 509 g/mol. The largest absolute Gasteiger partial charge is 0.493 e. The van der Waals surface area contributed by atoms with E-state index in [1.807, 2.05) is 37.3 Å². The molecule has 4 rings (SSSR count). The molecule has 3 aromatic rings. The number of carbonyl (C=O) groups excluding carboxylic acids is 1. The minimum absolute atomic E-state index is 0.124. The molecule has 0 spiro atoms. The predicted octanol–water partition coefficient (Wildman–Crippen LogP) is 4.90. The van der Waals surface area contributed by atoms with Crippen LogP contribution in [0, 0.1) is 6.92 Å². The van der Waals surface area contributed by atoms with Crippen LogP contribution in [0.1, 0.15) is 19.4 Å². The van der Waals surface area contributed by atoms with E-state index in [1.54, 1.807) is 24.8 Å². The SMILES string of the molecule is CCOP(=O)(COc1cc2ncnc(N3CCN(C(=O)Nc4ccc(C)cc4)CC3)c2cc1OC)OCC. The second kappa shape index (κ2) is 12.4. The van der Waals surface area contributed by atoms with Gasteiger partial charge < -0.3 is 33.6 Å². The van der Waals surface area contributed by atoms with Crippen LogP contribution >= 0.6 is 7.60 Å². The zero-order valence-corrected chi connectivity index (χ0v) is 23.1. The molecule has 0 atom stereocenters. The molecule has 204 valence electrons. The summed E-state index contributed by atoms with van der Waals surface area (Å²) >= 11 is 0. The molecule has 1 aromatic heterocycles. The lowest BCUT2D eigenvalue weighted by Crippen LogP contribution is -2.50. The van der Waals surface area contributed by atoms with Crippen LogP contribution in [0.15, 0.2) is 42.7 Å². The van der Waals surface area contributed by atoms with E-state index >= 15 is 0 Å². The second-order valence-electron chi connectivity index (χ2n) is 8.71. The highest BCUT2D eigenvalue weighted by Crippen LogP contribution is 2.49. The summed E-state index contributed by atoms with van der Waals surface area (Å²) < 4.78 is 34.8. The van der Waals surface area contributed by atoms with Crippen molar-refractivity contribution in [3.8, 4) is 11.5 Å². The summed E-state index contributed by atoms with van der Waals surface area (Å²) in [6.45, 7) is 8.30. The van der Waals surface area contributed by atoms with E-state index in [2.05, 4.69) is 20.2 Å². The lowest BCUT2D eigenvalue weighted by Gasteiger charge is -2.35. The van der Waals surface area contributed by atoms with Gasteiger partial charge in [0.2, 0.25) is 0 Å². The quantitative estimate of drug-likeness (QED) is 0.356. The van der Waals surface area contributed by atoms with Gasteiger partial charge in [0.25, 0.3) is 0 Å². The number of anilines is 2. The number of nitrogens with one attached hydrogen (secondary N) is 1. The molecule has 1 N–H and O–H groups in total. The maximum absolute atomic E-state index is 12.8. The van der Waals surface area contributed by atoms with Gasteiger partial charge in [0.05, 0.1) is 25.8 Å². The molecule has 2 heterocycles. The number of aromatic nitrogens is 2. The van der Waals surface area contributed by atoms with E-state index in [9.17, 15) is 9.36 Å². The standard InChI is InChI=1S/C26H34N5O6P/c1-5-36-38(33,37-6-2)18-35-24-16-22-21(15-23(24)34-4)25(28-17-27-22)30-11-13-31(14-12-30)26(32)29-20-9-7-19(3)8-10-20/h7-10,15-17H,5-6,11-14,18H2,1-4H3,(H,29,32). The number of amides is 2. The van der Waals surface area contributed by atoms with Gasteiger partial charge in [0.1, 0.15) is 12.1 Å². The number of methoxy groups -OCH3 is 1. The third-order valence-corrected chi connectivity index (χ3v) is 7.85. The van der Waals surface area contributed by atoms with Crippen molar-refractivity contribution in [1.82, 2.24) is 14.9 Å². The molecule has 0 radical (unpaired) electrons. The highest BCUT2D eigenvalue weighted by molar-refractivity contribution is 7.53. The van der Waals surface area contributed by atoms with E-state index in [0.717, 1.165) is 22.5 Å². The van der Waals surface area contributed by atoms with Crippen molar-refractivity contribution in [3.05, 3.63) is 48.3 Å². The van der Waals surface area contributed by atoms with Crippen molar-refractivity contribution in [1.29, 1.82) is 0 Å². The molecule has 11 nitrogen and oxygen atoms in total. The molecule has 1 saturated heterocycles. The summed E-state index contributed by atoms with van der Waals surface area (Å²) in [6, 6.07) is 11.1. The lowest BCUT2D eigenvalue weighted by atomic mass is 10.2. The first-order valence-corrected chi connectivity index (χ1v) is 14.3. The van der Waals surface area contributed by atoms with Gasteiger partial charge in [-0.25, -0.2) is 14.8 Å². The first kappa shape index (κ1) is 27.6. The Hall–Kier alpha value is -3.40. The van der Waals surface area contributed by atoms with Crippen LogP contribution in [0.4, 0.5) is 16.3 Å². The highest BCUT2D eigenvalue weighted by atomic mass is 31.2. The summed E-state index contributed by atoms with van der Waals surface area (Å²) in [5.74, 6) is 1.57. The third kappa shape index (κ3) is 6.53. The number of benzene rings is 2. The van der Waals surface area contributed by atoms with E-state index < -0.39 is 7.60 Å². The second-order valence-corrected chi connectivity index (χ2v) is 10.7. The number of rotatable bonds is 10. The van der Waals surface area contributed by atoms with Crippen molar-refractivity contribution in [2.45, 2.75) is 20.8 Å². The van der Waals surface area contributed by atoms with Crippen LogP contribution in [0.3, 0.4) is 0 Å². The number of hydrogen-bond acceptors (Lipinski definition) is 9. The molecule has 0 bridgehead atoms. The summed E-state index contributed by atoms with van der Waals surface area (Å²) in [6.07, 6.45) is 1.25. The van der Waals surface area contributed by atoms with Gasteiger partial charge in [-0.05, 0) is 39.0 Å². The molecular formula is C26H34N5O6P. The van der Waals surface area contributed by atoms with E-state index in [1.165, 1.54) is 13.4 Å². The van der Waals surface area contributed by atoms with E-state index in [0.29, 0.717) is 43.2 Å². The molecule has 0 saturated carbocycles. The number of hydrogen-bond donors (Lipinski definition) is 1. The number of aryl methyl sites for hydroxylation is 1. The Balaban J connectivity index is 1.47. The summed E-state index contributed by atoms with van der Waals surface area (Å²) in [5, 5.41) is 3.74. The van der Waals surface area contributed by atoms with Crippen molar-refractivity contribution >= 4 is 36.0 Å². The molecule has 1 aliphatic rings. The van der Waals surface area contributed by atoms with Crippen molar-refractivity contribution in [2.75, 3.05) is 63.1 Å². The van der Waals surface area contributed by atoms with Crippen LogP contribution in [0.25, 0.3) is 10.9 Å². The zero-order valence-electron chi connectivity index (χ0n) is 22.2. The van der Waals surface area contributed by atoms with Gasteiger partial charge in [0, 0.05) is 43.3 Å². The number of ether oxygens (including phenoxy) is 2. The number of urea groups is 1. The molecule has 38 heavy (non-hydrogen) atoms. The Kier molecular flexibility index (Phi) is 9.04. The fraction of sp³-hybridized carbons (Fsp3) is 0.423. The van der Waals surface area contributed by atoms with Gasteiger partial charge in [0.15, 0.2) is 17.8 Å². The van der Waals surface area contributed by atoms with Gasteiger partial charge in [-0.3, -0.25) is 4.57 Å². The molecule has 0 unspecified atom stereocenters. The first-order chi connectivity index (χ1) is 18.4. The fourth-order valence-electron chi connectivity index (χ4n) is 4.19. The van der Waals surface area contributed by atoms with Crippen molar-refractivity contribution < 1.29 is 27.9 Å². The summed E-state index contributed by atoms with van der Waals surface area (Å²) in [5.41, 5.74) is 2.56. The molecule has 2 amide bonds. The van der Waals surface area contributed by atoms with Crippen molar-refractivity contribution in [3.63, 3.8) is 0 Å². The number of nitrogens with zero attached hydrogens (tertiary/aromatic N) is 4. The normalized spacial score (nSPS) is 14.0. The average Bonchev–Trinajstić information content (AvgIpc) is 2.92. The van der Waals surface area contributed by atoms with Crippen LogP contribution in [0.2, 0.25) is 0 Å². The van der Waals surface area contributed by atoms with Crippen LogP contribution in [-0.4, -0.2) is 73.7 Å². The van der Waals surface area contributed by atoms with Gasteiger partial charge >= 0.3 is 13.6 Å². The lowest BCUT2D eigenvalue weighted by molar-refractivity contribution is 0.195. The third-order valence-electron chi connectivity index (χ3n) is 6.10. The minimum Gasteiger partial charge on any atom is -0.493 e. The Morgan fingerprint density at radius 2 is 1.68 bits per heavy atom. The van der Waals surface area contributed by atoms with Gasteiger partial charge in [-0.1, -0.05) is 17.7 Å². The zero-order chi connectivity index (χ0) is 27.1. The topological polar surface area (TPSA) is 115 Å². The maximum atomic E-state index is 12.8. The van der Waals surface area contributed by atoms with Gasteiger partial charge in [-0.2, -0.15) is 0 Å². The van der Waals surface area contributed by atoms with Crippen LogP contribution in [0.5, 0.6) is 11.5 Å². The Morgan fingerprint density at radius 1 is 1.00 bits per heavy atom. The smallest absolute Gasteiger partial charge is 0.367 e. The molecule has 2 aromatic carbocycles. The Labute approximate surface area is 222 Å². The Bertz CT molecular complexity index is 1290. The summed E-state index contributed by atoms with van der Waals surface area (Å²) in [7, 11) is -1.87.